The van der Waals surface area contributed by atoms with Crippen LogP contribution >= 0.6 is 0 Å². The molecular formula is C22H29NO3. The number of β-amino-alcohol motifs (C(OH)–C–C–N with tert-alkyl or cyclic N) is 1. The zero-order chi connectivity index (χ0) is 18.4. The van der Waals surface area contributed by atoms with Gasteiger partial charge in [-0.25, -0.2) is 0 Å². The van der Waals surface area contributed by atoms with Crippen molar-refractivity contribution in [2.24, 2.45) is 11.8 Å². The van der Waals surface area contributed by atoms with E-state index in [4.69, 9.17) is 0 Å². The molecule has 2 aromatic rings. The molecule has 2 aromatic carbocycles. The summed E-state index contributed by atoms with van der Waals surface area (Å²) in [6.07, 6.45) is 2.73. The Hall–Kier alpha value is -1.88. The Labute approximate surface area is 155 Å². The van der Waals surface area contributed by atoms with E-state index in [0.29, 0.717) is 12.5 Å². The highest BCUT2D eigenvalue weighted by Crippen LogP contribution is 2.29. The lowest BCUT2D eigenvalue weighted by Crippen LogP contribution is -2.27. The van der Waals surface area contributed by atoms with Crippen LogP contribution in [0.3, 0.4) is 0 Å². The van der Waals surface area contributed by atoms with Crippen molar-refractivity contribution < 1.29 is 15.3 Å². The van der Waals surface area contributed by atoms with Gasteiger partial charge in [-0.05, 0) is 54.4 Å². The monoisotopic (exact) mass is 355 g/mol. The molecule has 1 aliphatic heterocycles. The van der Waals surface area contributed by atoms with Crippen molar-refractivity contribution in [1.29, 1.82) is 0 Å². The number of hydrogen-bond acceptors (Lipinski definition) is 4. The van der Waals surface area contributed by atoms with Gasteiger partial charge in [-0.1, -0.05) is 42.5 Å². The van der Waals surface area contributed by atoms with Crippen LogP contribution in [0, 0.1) is 11.8 Å². The van der Waals surface area contributed by atoms with Gasteiger partial charge in [-0.2, -0.15) is 0 Å². The highest BCUT2D eigenvalue weighted by molar-refractivity contribution is 5.27. The molecule has 140 valence electrons. The van der Waals surface area contributed by atoms with Crippen LogP contribution in [0.4, 0.5) is 0 Å². The smallest absolute Gasteiger partial charge is 0.115 e. The van der Waals surface area contributed by atoms with Gasteiger partial charge in [0.1, 0.15) is 5.75 Å². The van der Waals surface area contributed by atoms with Crippen LogP contribution in [0.2, 0.25) is 0 Å². The summed E-state index contributed by atoms with van der Waals surface area (Å²) in [6, 6.07) is 17.3. The van der Waals surface area contributed by atoms with Crippen LogP contribution in [-0.4, -0.2) is 46.5 Å². The third-order valence-electron chi connectivity index (χ3n) is 5.48. The summed E-state index contributed by atoms with van der Waals surface area (Å²) >= 11 is 0. The largest absolute Gasteiger partial charge is 0.508 e. The van der Waals surface area contributed by atoms with Crippen LogP contribution in [-0.2, 0) is 6.42 Å². The molecule has 3 N–H and O–H groups in total. The number of aliphatic hydroxyl groups excluding tert-OH is 2. The van der Waals surface area contributed by atoms with Crippen LogP contribution in [0.5, 0.6) is 5.75 Å². The van der Waals surface area contributed by atoms with E-state index < -0.39 is 6.10 Å². The normalized spacial score (nSPS) is 21.8. The van der Waals surface area contributed by atoms with E-state index in [-0.39, 0.29) is 18.3 Å². The summed E-state index contributed by atoms with van der Waals surface area (Å²) < 4.78 is 0. The van der Waals surface area contributed by atoms with Crippen LogP contribution in [0.1, 0.15) is 30.1 Å². The van der Waals surface area contributed by atoms with Gasteiger partial charge in [0, 0.05) is 26.2 Å². The predicted molar refractivity (Wildman–Crippen MR) is 103 cm³/mol. The second-order valence-electron chi connectivity index (χ2n) is 7.41. The summed E-state index contributed by atoms with van der Waals surface area (Å²) in [5.41, 5.74) is 2.18. The molecular weight excluding hydrogens is 326 g/mol. The number of aliphatic hydroxyl groups is 2. The van der Waals surface area contributed by atoms with E-state index >= 15 is 0 Å². The van der Waals surface area contributed by atoms with Crippen LogP contribution < -0.4 is 0 Å². The van der Waals surface area contributed by atoms with Crippen molar-refractivity contribution in [3.05, 3.63) is 65.7 Å². The van der Waals surface area contributed by atoms with E-state index in [9.17, 15) is 15.3 Å². The number of phenols is 1. The van der Waals surface area contributed by atoms with Gasteiger partial charge in [0.15, 0.2) is 0 Å². The number of aromatic hydroxyl groups is 1. The summed E-state index contributed by atoms with van der Waals surface area (Å²) in [4.78, 5) is 2.26. The topological polar surface area (TPSA) is 63.9 Å². The molecule has 1 fully saturated rings. The molecule has 4 heteroatoms. The fraction of sp³-hybridized carbons (Fsp3) is 0.455. The summed E-state index contributed by atoms with van der Waals surface area (Å²) in [6.45, 7) is 2.54. The summed E-state index contributed by atoms with van der Waals surface area (Å²) in [5.74, 6) is 0.981. The standard InChI is InChI=1S/C22H29NO3/c24-16-20-14-23(15-22(26)18-9-11-21(25)12-10-18)13-19(20)8-4-7-17-5-2-1-3-6-17/h1-3,5-6,9-12,19-20,22,24-26H,4,7-8,13-16H2/t19-,20-,22-/m1/s1. The quantitative estimate of drug-likeness (QED) is 0.681. The van der Waals surface area contributed by atoms with E-state index in [1.807, 2.05) is 6.07 Å². The van der Waals surface area contributed by atoms with Crippen LogP contribution in [0.15, 0.2) is 54.6 Å². The Morgan fingerprint density at radius 1 is 0.962 bits per heavy atom. The highest BCUT2D eigenvalue weighted by atomic mass is 16.3. The molecule has 0 saturated carbocycles. The maximum absolute atomic E-state index is 10.5. The summed E-state index contributed by atoms with van der Waals surface area (Å²) in [5, 5.41) is 29.6. The minimum atomic E-state index is -0.571. The second kappa shape index (κ2) is 9.17. The van der Waals surface area contributed by atoms with Crippen molar-refractivity contribution >= 4 is 0 Å². The number of hydrogen-bond donors (Lipinski definition) is 3. The Morgan fingerprint density at radius 3 is 2.35 bits per heavy atom. The Balaban J connectivity index is 1.49. The molecule has 4 nitrogen and oxygen atoms in total. The molecule has 0 amide bonds. The molecule has 0 spiro atoms. The fourth-order valence-electron chi connectivity index (χ4n) is 3.98. The lowest BCUT2D eigenvalue weighted by molar-refractivity contribution is 0.120. The average molecular weight is 355 g/mol. The van der Waals surface area contributed by atoms with E-state index in [1.165, 1.54) is 5.56 Å². The Bertz CT molecular complexity index is 659. The third kappa shape index (κ3) is 5.07. The average Bonchev–Trinajstić information content (AvgIpc) is 3.04. The molecule has 26 heavy (non-hydrogen) atoms. The molecule has 0 aromatic heterocycles. The van der Waals surface area contributed by atoms with Crippen molar-refractivity contribution in [3.63, 3.8) is 0 Å². The number of benzene rings is 2. The maximum Gasteiger partial charge on any atom is 0.115 e. The van der Waals surface area contributed by atoms with Crippen molar-refractivity contribution in [3.8, 4) is 5.75 Å². The minimum absolute atomic E-state index is 0.209. The van der Waals surface area contributed by atoms with Crippen molar-refractivity contribution in [2.45, 2.75) is 25.4 Å². The minimum Gasteiger partial charge on any atom is -0.508 e. The number of likely N-dealkylation sites (tertiary alicyclic amines) is 1. The molecule has 1 heterocycles. The van der Waals surface area contributed by atoms with E-state index in [0.717, 1.165) is 37.9 Å². The van der Waals surface area contributed by atoms with Crippen LogP contribution in [0.25, 0.3) is 0 Å². The number of rotatable bonds is 8. The lowest BCUT2D eigenvalue weighted by atomic mass is 9.91. The van der Waals surface area contributed by atoms with Gasteiger partial charge in [0.05, 0.1) is 6.10 Å². The molecule has 1 saturated heterocycles. The third-order valence-corrected chi connectivity index (χ3v) is 5.48. The zero-order valence-electron chi connectivity index (χ0n) is 15.2. The highest BCUT2D eigenvalue weighted by Gasteiger charge is 2.32. The van der Waals surface area contributed by atoms with Crippen molar-refractivity contribution in [2.75, 3.05) is 26.2 Å². The fourth-order valence-corrected chi connectivity index (χ4v) is 3.98. The van der Waals surface area contributed by atoms with Gasteiger partial charge in [-0.15, -0.1) is 0 Å². The predicted octanol–water partition coefficient (Wildman–Crippen LogP) is 2.99. The van der Waals surface area contributed by atoms with Gasteiger partial charge in [-0.3, -0.25) is 4.90 Å². The first-order chi connectivity index (χ1) is 12.7. The summed E-state index contributed by atoms with van der Waals surface area (Å²) in [7, 11) is 0. The number of phenolic OH excluding ortho intramolecular Hbond substituents is 1. The molecule has 3 atom stereocenters. The lowest BCUT2D eigenvalue weighted by Gasteiger charge is -2.20. The van der Waals surface area contributed by atoms with Gasteiger partial charge in [0.25, 0.3) is 0 Å². The molecule has 0 unspecified atom stereocenters. The van der Waals surface area contributed by atoms with Crippen molar-refractivity contribution in [1.82, 2.24) is 4.90 Å². The molecule has 0 radical (unpaired) electrons. The Kier molecular flexibility index (Phi) is 6.67. The molecule has 1 aliphatic rings. The number of nitrogens with zero attached hydrogens (tertiary/aromatic N) is 1. The molecule has 3 rings (SSSR count). The van der Waals surface area contributed by atoms with E-state index in [1.54, 1.807) is 24.3 Å². The second-order valence-corrected chi connectivity index (χ2v) is 7.41. The first-order valence-electron chi connectivity index (χ1n) is 9.50. The maximum atomic E-state index is 10.5. The number of aryl methyl sites for hydroxylation is 1. The molecule has 0 aliphatic carbocycles. The van der Waals surface area contributed by atoms with E-state index in [2.05, 4.69) is 29.2 Å². The SMILES string of the molecule is OC[C@H]1CN(C[C@@H](O)c2ccc(O)cc2)C[C@H]1CCCc1ccccc1. The Morgan fingerprint density at radius 2 is 1.65 bits per heavy atom. The van der Waals surface area contributed by atoms with Gasteiger partial charge < -0.3 is 15.3 Å². The zero-order valence-corrected chi connectivity index (χ0v) is 15.2. The first-order valence-corrected chi connectivity index (χ1v) is 9.50. The first kappa shape index (κ1) is 18.9. The van der Waals surface area contributed by atoms with Gasteiger partial charge in [0.2, 0.25) is 0 Å². The van der Waals surface area contributed by atoms with Gasteiger partial charge >= 0.3 is 0 Å². The molecule has 0 bridgehead atoms.